The van der Waals surface area contributed by atoms with Crippen molar-refractivity contribution in [1.29, 1.82) is 0 Å². The van der Waals surface area contributed by atoms with Crippen molar-refractivity contribution >= 4 is 17.5 Å². The van der Waals surface area contributed by atoms with Crippen LogP contribution in [0, 0.1) is 0 Å². The first-order valence-corrected chi connectivity index (χ1v) is 7.86. The van der Waals surface area contributed by atoms with Crippen LogP contribution in [0.15, 0.2) is 24.3 Å². The van der Waals surface area contributed by atoms with E-state index in [4.69, 9.17) is 21.1 Å². The van der Waals surface area contributed by atoms with Gasteiger partial charge in [0.1, 0.15) is 6.10 Å². The molecular formula is C16H20ClNO3. The number of amides is 1. The minimum absolute atomic E-state index is 0.00621. The molecule has 4 nitrogen and oxygen atoms in total. The third-order valence-electron chi connectivity index (χ3n) is 4.08. The normalized spacial score (nSPS) is 23.6. The predicted molar refractivity (Wildman–Crippen MR) is 80.2 cm³/mol. The highest BCUT2D eigenvalue weighted by molar-refractivity contribution is 6.30. The van der Waals surface area contributed by atoms with Crippen molar-refractivity contribution in [3.05, 3.63) is 34.9 Å². The fraction of sp³-hybridized carbons (Fsp3) is 0.562. The second-order valence-electron chi connectivity index (χ2n) is 5.78. The first-order chi connectivity index (χ1) is 10.2. The number of nitrogens with one attached hydrogen (secondary N) is 1. The number of halogens is 1. The van der Waals surface area contributed by atoms with Crippen LogP contribution in [-0.2, 0) is 20.7 Å². The largest absolute Gasteiger partial charge is 0.353 e. The molecule has 0 radical (unpaired) electrons. The number of benzene rings is 1. The maximum absolute atomic E-state index is 11.9. The Morgan fingerprint density at radius 1 is 1.29 bits per heavy atom. The van der Waals surface area contributed by atoms with Gasteiger partial charge in [-0.1, -0.05) is 23.7 Å². The molecule has 1 heterocycles. The van der Waals surface area contributed by atoms with Crippen LogP contribution in [0.25, 0.3) is 0 Å². The molecule has 0 unspecified atom stereocenters. The lowest BCUT2D eigenvalue weighted by atomic mass is 10.1. The highest BCUT2D eigenvalue weighted by Gasteiger charge is 2.43. The predicted octanol–water partition coefficient (Wildman–Crippen LogP) is 2.68. The molecule has 1 atom stereocenters. The van der Waals surface area contributed by atoms with E-state index in [0.717, 1.165) is 31.2 Å². The molecule has 1 aliphatic carbocycles. The van der Waals surface area contributed by atoms with Gasteiger partial charge in [-0.25, -0.2) is 0 Å². The summed E-state index contributed by atoms with van der Waals surface area (Å²) in [5, 5.41) is 3.60. The van der Waals surface area contributed by atoms with Gasteiger partial charge >= 0.3 is 0 Å². The summed E-state index contributed by atoms with van der Waals surface area (Å²) >= 11 is 5.82. The Morgan fingerprint density at radius 2 is 2.00 bits per heavy atom. The topological polar surface area (TPSA) is 47.6 Å². The molecule has 1 amide bonds. The maximum Gasteiger partial charge on any atom is 0.224 e. The van der Waals surface area contributed by atoms with Crippen LogP contribution >= 0.6 is 11.6 Å². The van der Waals surface area contributed by atoms with Crippen LogP contribution in [0.5, 0.6) is 0 Å². The smallest absolute Gasteiger partial charge is 0.224 e. The van der Waals surface area contributed by atoms with Gasteiger partial charge in [-0.15, -0.1) is 0 Å². The van der Waals surface area contributed by atoms with Gasteiger partial charge in [0.2, 0.25) is 5.91 Å². The Balaban J connectivity index is 1.43. The summed E-state index contributed by atoms with van der Waals surface area (Å²) in [5.41, 5.74) is 0.952. The molecule has 1 aromatic rings. The summed E-state index contributed by atoms with van der Waals surface area (Å²) in [6.45, 7) is 1.08. The maximum atomic E-state index is 11.9. The van der Waals surface area contributed by atoms with E-state index in [1.54, 1.807) is 12.1 Å². The summed E-state index contributed by atoms with van der Waals surface area (Å²) < 4.78 is 11.8. The average Bonchev–Trinajstić information content (AvgIpc) is 3.10. The third kappa shape index (κ3) is 3.76. The number of hydrogen-bond acceptors (Lipinski definition) is 3. The van der Waals surface area contributed by atoms with Crippen LogP contribution in [0.3, 0.4) is 0 Å². The van der Waals surface area contributed by atoms with Crippen LogP contribution in [0.2, 0.25) is 5.02 Å². The summed E-state index contributed by atoms with van der Waals surface area (Å²) in [5.74, 6) is -0.362. The lowest BCUT2D eigenvalue weighted by Crippen LogP contribution is -2.35. The Labute approximate surface area is 129 Å². The van der Waals surface area contributed by atoms with Gasteiger partial charge in [0.15, 0.2) is 5.79 Å². The molecule has 1 spiro atoms. The van der Waals surface area contributed by atoms with E-state index in [-0.39, 0.29) is 17.8 Å². The van der Waals surface area contributed by atoms with E-state index in [1.165, 1.54) is 0 Å². The SMILES string of the molecule is O=C(Cc1ccc(Cl)cc1)NC[C@@H]1COC2(CCCC2)O1. The summed E-state index contributed by atoms with van der Waals surface area (Å²) in [4.78, 5) is 11.9. The number of hydrogen-bond donors (Lipinski definition) is 1. The molecule has 1 saturated heterocycles. The zero-order valence-electron chi connectivity index (χ0n) is 11.9. The first-order valence-electron chi connectivity index (χ1n) is 7.48. The highest BCUT2D eigenvalue weighted by Crippen LogP contribution is 2.38. The van der Waals surface area contributed by atoms with Gasteiger partial charge in [0.25, 0.3) is 0 Å². The van der Waals surface area contributed by atoms with Crippen molar-refractivity contribution in [3.63, 3.8) is 0 Å². The zero-order valence-corrected chi connectivity index (χ0v) is 12.7. The van der Waals surface area contributed by atoms with Crippen LogP contribution in [-0.4, -0.2) is 30.9 Å². The van der Waals surface area contributed by atoms with E-state index in [9.17, 15) is 4.79 Å². The van der Waals surface area contributed by atoms with Crippen LogP contribution < -0.4 is 5.32 Å². The van der Waals surface area contributed by atoms with Crippen molar-refractivity contribution in [2.75, 3.05) is 13.2 Å². The Morgan fingerprint density at radius 3 is 2.71 bits per heavy atom. The molecule has 114 valence electrons. The van der Waals surface area contributed by atoms with E-state index in [1.807, 2.05) is 12.1 Å². The number of rotatable bonds is 4. The monoisotopic (exact) mass is 309 g/mol. The van der Waals surface area contributed by atoms with Crippen molar-refractivity contribution in [3.8, 4) is 0 Å². The zero-order chi connectivity index (χ0) is 14.7. The van der Waals surface area contributed by atoms with Gasteiger partial charge < -0.3 is 14.8 Å². The minimum atomic E-state index is -0.356. The van der Waals surface area contributed by atoms with E-state index < -0.39 is 0 Å². The van der Waals surface area contributed by atoms with E-state index in [0.29, 0.717) is 24.6 Å². The third-order valence-corrected chi connectivity index (χ3v) is 4.34. The standard InChI is InChI=1S/C16H20ClNO3/c17-13-5-3-12(4-6-13)9-15(19)18-10-14-11-20-16(21-14)7-1-2-8-16/h3-6,14H,1-2,7-11H2,(H,18,19)/t14-/m1/s1. The molecule has 0 bridgehead atoms. The van der Waals surface area contributed by atoms with Crippen molar-refractivity contribution < 1.29 is 14.3 Å². The van der Waals surface area contributed by atoms with E-state index >= 15 is 0 Å². The van der Waals surface area contributed by atoms with Gasteiger partial charge in [0.05, 0.1) is 13.0 Å². The Kier molecular flexibility index (Phi) is 4.48. The van der Waals surface area contributed by atoms with Crippen LogP contribution in [0.1, 0.15) is 31.2 Å². The first kappa shape index (κ1) is 14.8. The molecule has 21 heavy (non-hydrogen) atoms. The second-order valence-corrected chi connectivity index (χ2v) is 6.21. The van der Waals surface area contributed by atoms with Crippen molar-refractivity contribution in [1.82, 2.24) is 5.32 Å². The second kappa shape index (κ2) is 6.34. The molecule has 1 aliphatic heterocycles. The molecule has 3 rings (SSSR count). The number of carbonyl (C=O) groups is 1. The average molecular weight is 310 g/mol. The van der Waals surface area contributed by atoms with Crippen LogP contribution in [0.4, 0.5) is 0 Å². The molecule has 1 N–H and O–H groups in total. The van der Waals surface area contributed by atoms with Gasteiger partial charge in [-0.05, 0) is 30.5 Å². The molecular weight excluding hydrogens is 290 g/mol. The van der Waals surface area contributed by atoms with Gasteiger partial charge in [0, 0.05) is 24.4 Å². The highest BCUT2D eigenvalue weighted by atomic mass is 35.5. The fourth-order valence-corrected chi connectivity index (χ4v) is 3.10. The number of ether oxygens (including phenoxy) is 2. The summed E-state index contributed by atoms with van der Waals surface area (Å²) in [6, 6.07) is 7.32. The molecule has 2 aliphatic rings. The van der Waals surface area contributed by atoms with Gasteiger partial charge in [-0.2, -0.15) is 0 Å². The quantitative estimate of drug-likeness (QED) is 0.930. The van der Waals surface area contributed by atoms with Gasteiger partial charge in [-0.3, -0.25) is 4.79 Å². The summed E-state index contributed by atoms with van der Waals surface area (Å²) in [6.07, 6.45) is 4.60. The Bertz CT molecular complexity index is 497. The molecule has 2 fully saturated rings. The fourth-order valence-electron chi connectivity index (χ4n) is 2.97. The lowest BCUT2D eigenvalue weighted by molar-refractivity contribution is -0.161. The van der Waals surface area contributed by atoms with Crippen molar-refractivity contribution in [2.24, 2.45) is 0 Å². The number of carbonyl (C=O) groups excluding carboxylic acids is 1. The Hall–Kier alpha value is -1.10. The molecule has 1 saturated carbocycles. The van der Waals surface area contributed by atoms with Crippen molar-refractivity contribution in [2.45, 2.75) is 44.0 Å². The molecule has 5 heteroatoms. The molecule has 1 aromatic carbocycles. The summed E-state index contributed by atoms with van der Waals surface area (Å²) in [7, 11) is 0. The van der Waals surface area contributed by atoms with E-state index in [2.05, 4.69) is 5.32 Å². The lowest BCUT2D eigenvalue weighted by Gasteiger charge is -2.21. The minimum Gasteiger partial charge on any atom is -0.353 e. The molecule has 0 aromatic heterocycles.